The highest BCUT2D eigenvalue weighted by atomic mass is 35.5. The number of aryl methyl sites for hydroxylation is 1. The maximum absolute atomic E-state index is 13.1. The fourth-order valence-electron chi connectivity index (χ4n) is 3.57. The Kier molecular flexibility index (Phi) is 5.46. The number of carbonyl (C=O) groups excluding carboxylic acids is 2. The van der Waals surface area contributed by atoms with Crippen LogP contribution in [0.3, 0.4) is 0 Å². The van der Waals surface area contributed by atoms with Crippen molar-refractivity contribution in [2.45, 2.75) is 19.1 Å². The number of benzene rings is 3. The van der Waals surface area contributed by atoms with E-state index in [0.29, 0.717) is 22.0 Å². The number of esters is 1. The molecule has 0 bridgehead atoms. The van der Waals surface area contributed by atoms with Gasteiger partial charge in [-0.05, 0) is 54.4 Å². The van der Waals surface area contributed by atoms with Crippen molar-refractivity contribution in [3.63, 3.8) is 0 Å². The second kappa shape index (κ2) is 8.20. The van der Waals surface area contributed by atoms with Crippen LogP contribution in [0.1, 0.15) is 27.5 Å². The molecule has 0 aliphatic carbocycles. The fraction of sp³-hybridized carbons (Fsp3) is 0.167. The van der Waals surface area contributed by atoms with Crippen molar-refractivity contribution in [2.75, 3.05) is 12.0 Å². The van der Waals surface area contributed by atoms with E-state index >= 15 is 0 Å². The zero-order chi connectivity index (χ0) is 21.3. The van der Waals surface area contributed by atoms with Crippen LogP contribution in [0.5, 0.6) is 5.75 Å². The van der Waals surface area contributed by atoms with E-state index in [1.807, 2.05) is 49.4 Å². The minimum Gasteiger partial charge on any atom is -0.478 e. The van der Waals surface area contributed by atoms with Crippen LogP contribution in [-0.2, 0) is 9.53 Å². The molecule has 2 atom stereocenters. The standard InChI is InChI=1S/C24H20ClNO4/c1-15-6-3-4-9-20(15)30-22-21(16-10-12-17(13-11-16)24(28)29-2)26(23(22)27)19-8-5-7-18(25)14-19/h3-14,21-22H,1-2H3/t21-,22-/m1/s1. The Balaban J connectivity index is 1.70. The van der Waals surface area contributed by atoms with Crippen molar-refractivity contribution in [3.05, 3.63) is 94.5 Å². The summed E-state index contributed by atoms with van der Waals surface area (Å²) in [6.07, 6.45) is -0.686. The van der Waals surface area contributed by atoms with Gasteiger partial charge in [0.05, 0.1) is 12.7 Å². The van der Waals surface area contributed by atoms with Crippen LogP contribution in [0.15, 0.2) is 72.8 Å². The van der Waals surface area contributed by atoms with Gasteiger partial charge >= 0.3 is 5.97 Å². The predicted octanol–water partition coefficient (Wildman–Crippen LogP) is 4.97. The predicted molar refractivity (Wildman–Crippen MR) is 115 cm³/mol. The number of hydrogen-bond acceptors (Lipinski definition) is 4. The molecule has 1 saturated heterocycles. The molecule has 30 heavy (non-hydrogen) atoms. The molecule has 0 radical (unpaired) electrons. The maximum Gasteiger partial charge on any atom is 0.337 e. The Morgan fingerprint density at radius 2 is 1.73 bits per heavy atom. The van der Waals surface area contributed by atoms with Crippen molar-refractivity contribution in [3.8, 4) is 5.75 Å². The first-order chi connectivity index (χ1) is 14.5. The van der Waals surface area contributed by atoms with Gasteiger partial charge in [0.25, 0.3) is 5.91 Å². The van der Waals surface area contributed by atoms with E-state index in [0.717, 1.165) is 11.1 Å². The molecule has 6 heteroatoms. The Bertz CT molecular complexity index is 1100. The summed E-state index contributed by atoms with van der Waals surface area (Å²) >= 11 is 6.15. The molecule has 0 spiro atoms. The molecular formula is C24H20ClNO4. The second-order valence-electron chi connectivity index (χ2n) is 7.05. The van der Waals surface area contributed by atoms with Crippen molar-refractivity contribution in [1.29, 1.82) is 0 Å². The lowest BCUT2D eigenvalue weighted by Crippen LogP contribution is -2.61. The summed E-state index contributed by atoms with van der Waals surface area (Å²) < 4.78 is 10.9. The molecule has 0 saturated carbocycles. The molecule has 152 valence electrons. The van der Waals surface area contributed by atoms with Crippen LogP contribution in [-0.4, -0.2) is 25.1 Å². The molecule has 1 aliphatic heterocycles. The van der Waals surface area contributed by atoms with Crippen LogP contribution < -0.4 is 9.64 Å². The van der Waals surface area contributed by atoms with Gasteiger partial charge in [-0.2, -0.15) is 0 Å². The van der Waals surface area contributed by atoms with Crippen molar-refractivity contribution in [2.24, 2.45) is 0 Å². The fourth-order valence-corrected chi connectivity index (χ4v) is 3.76. The number of rotatable bonds is 5. The van der Waals surface area contributed by atoms with E-state index in [4.69, 9.17) is 21.1 Å². The summed E-state index contributed by atoms with van der Waals surface area (Å²) in [5.41, 5.74) is 2.93. The molecule has 0 unspecified atom stereocenters. The van der Waals surface area contributed by atoms with E-state index in [2.05, 4.69) is 0 Å². The molecule has 1 fully saturated rings. The molecule has 0 N–H and O–H groups in total. The van der Waals surface area contributed by atoms with Gasteiger partial charge in [0.15, 0.2) is 0 Å². The smallest absolute Gasteiger partial charge is 0.337 e. The number of carbonyl (C=O) groups is 2. The van der Waals surface area contributed by atoms with Crippen molar-refractivity contribution in [1.82, 2.24) is 0 Å². The van der Waals surface area contributed by atoms with Gasteiger partial charge in [0.2, 0.25) is 6.10 Å². The van der Waals surface area contributed by atoms with Crippen LogP contribution in [0, 0.1) is 6.92 Å². The number of methoxy groups -OCH3 is 1. The summed E-state index contributed by atoms with van der Waals surface area (Å²) in [6, 6.07) is 21.4. The molecule has 3 aromatic rings. The van der Waals surface area contributed by atoms with Gasteiger partial charge < -0.3 is 9.47 Å². The van der Waals surface area contributed by atoms with Gasteiger partial charge in [-0.1, -0.05) is 48.0 Å². The molecular weight excluding hydrogens is 402 g/mol. The lowest BCUT2D eigenvalue weighted by molar-refractivity contribution is -0.135. The van der Waals surface area contributed by atoms with E-state index in [9.17, 15) is 9.59 Å². The number of halogens is 1. The quantitative estimate of drug-likeness (QED) is 0.431. The number of ether oxygens (including phenoxy) is 2. The summed E-state index contributed by atoms with van der Waals surface area (Å²) in [6.45, 7) is 1.94. The van der Waals surface area contributed by atoms with Crippen LogP contribution in [0.25, 0.3) is 0 Å². The van der Waals surface area contributed by atoms with Crippen LogP contribution in [0.4, 0.5) is 5.69 Å². The third kappa shape index (κ3) is 3.64. The van der Waals surface area contributed by atoms with Gasteiger partial charge in [-0.25, -0.2) is 4.79 Å². The molecule has 4 rings (SSSR count). The Hall–Kier alpha value is -3.31. The Morgan fingerprint density at radius 3 is 2.40 bits per heavy atom. The molecule has 1 amide bonds. The lowest BCUT2D eigenvalue weighted by atomic mass is 9.89. The number of anilines is 1. The first kappa shape index (κ1) is 20.0. The highest BCUT2D eigenvalue weighted by Crippen LogP contribution is 2.42. The lowest BCUT2D eigenvalue weighted by Gasteiger charge is -2.46. The summed E-state index contributed by atoms with van der Waals surface area (Å²) in [5, 5.41) is 0.545. The maximum atomic E-state index is 13.1. The largest absolute Gasteiger partial charge is 0.478 e. The minimum absolute atomic E-state index is 0.150. The first-order valence-corrected chi connectivity index (χ1v) is 9.86. The zero-order valence-corrected chi connectivity index (χ0v) is 17.3. The van der Waals surface area contributed by atoms with E-state index in [1.54, 1.807) is 35.2 Å². The number of amides is 1. The monoisotopic (exact) mass is 421 g/mol. The number of nitrogens with zero attached hydrogens (tertiary/aromatic N) is 1. The van der Waals surface area contributed by atoms with Gasteiger partial charge in [-0.15, -0.1) is 0 Å². The third-order valence-corrected chi connectivity index (χ3v) is 5.39. The van der Waals surface area contributed by atoms with Gasteiger partial charge in [-0.3, -0.25) is 9.69 Å². The van der Waals surface area contributed by atoms with Crippen LogP contribution >= 0.6 is 11.6 Å². The average molecular weight is 422 g/mol. The Morgan fingerprint density at radius 1 is 1.00 bits per heavy atom. The topological polar surface area (TPSA) is 55.8 Å². The van der Waals surface area contributed by atoms with Gasteiger partial charge in [0.1, 0.15) is 11.8 Å². The summed E-state index contributed by atoms with van der Waals surface area (Å²) in [5.74, 6) is 0.103. The highest BCUT2D eigenvalue weighted by molar-refractivity contribution is 6.31. The first-order valence-electron chi connectivity index (χ1n) is 9.49. The molecule has 1 aliphatic rings. The summed E-state index contributed by atoms with van der Waals surface area (Å²) in [7, 11) is 1.34. The molecule has 1 heterocycles. The minimum atomic E-state index is -0.686. The molecule has 5 nitrogen and oxygen atoms in total. The normalized spacial score (nSPS) is 18.0. The van der Waals surface area contributed by atoms with E-state index in [-0.39, 0.29) is 11.9 Å². The molecule has 3 aromatic carbocycles. The number of para-hydroxylation sites is 1. The highest BCUT2D eigenvalue weighted by Gasteiger charge is 2.51. The zero-order valence-electron chi connectivity index (χ0n) is 16.5. The van der Waals surface area contributed by atoms with Crippen molar-refractivity contribution < 1.29 is 19.1 Å². The molecule has 0 aromatic heterocycles. The average Bonchev–Trinajstić information content (AvgIpc) is 2.76. The number of β-lactam (4-membered cyclic amide) rings is 1. The van der Waals surface area contributed by atoms with E-state index < -0.39 is 12.1 Å². The van der Waals surface area contributed by atoms with Crippen LogP contribution in [0.2, 0.25) is 5.02 Å². The second-order valence-corrected chi connectivity index (χ2v) is 7.49. The van der Waals surface area contributed by atoms with Gasteiger partial charge in [0, 0.05) is 10.7 Å². The number of hydrogen-bond donors (Lipinski definition) is 0. The van der Waals surface area contributed by atoms with E-state index in [1.165, 1.54) is 7.11 Å². The van der Waals surface area contributed by atoms with Crippen molar-refractivity contribution >= 4 is 29.2 Å². The summed E-state index contributed by atoms with van der Waals surface area (Å²) in [4.78, 5) is 26.5. The SMILES string of the molecule is COC(=O)c1ccc([C@@H]2[C@@H](Oc3ccccc3C)C(=O)N2c2cccc(Cl)c2)cc1. The third-order valence-electron chi connectivity index (χ3n) is 5.15. The Labute approximate surface area is 179 Å².